The van der Waals surface area contributed by atoms with Crippen molar-refractivity contribution in [1.29, 1.82) is 0 Å². The summed E-state index contributed by atoms with van der Waals surface area (Å²) in [5, 5.41) is 3.80. The third-order valence-electron chi connectivity index (χ3n) is 5.35. The summed E-state index contributed by atoms with van der Waals surface area (Å²) in [5.41, 5.74) is 2.09. The highest BCUT2D eigenvalue weighted by molar-refractivity contribution is 7.91. The Kier molecular flexibility index (Phi) is 7.29. The van der Waals surface area contributed by atoms with Crippen LogP contribution in [0.15, 0.2) is 54.9 Å². The van der Waals surface area contributed by atoms with Gasteiger partial charge in [-0.2, -0.15) is 0 Å². The van der Waals surface area contributed by atoms with Gasteiger partial charge in [0, 0.05) is 38.4 Å². The molecule has 1 aliphatic rings. The maximum absolute atomic E-state index is 12.7. The van der Waals surface area contributed by atoms with E-state index in [4.69, 9.17) is 23.2 Å². The monoisotopic (exact) mass is 504 g/mol. The molecule has 172 valence electrons. The van der Waals surface area contributed by atoms with Crippen LogP contribution in [-0.4, -0.2) is 53.7 Å². The lowest BCUT2D eigenvalue weighted by Crippen LogP contribution is -2.39. The molecule has 0 saturated carbocycles. The number of nitrogens with zero attached hydrogens (tertiary/aromatic N) is 3. The largest absolute Gasteiger partial charge is 0.325 e. The van der Waals surface area contributed by atoms with Crippen molar-refractivity contribution in [3.63, 3.8) is 0 Å². The molecule has 3 heterocycles. The van der Waals surface area contributed by atoms with E-state index in [1.807, 2.05) is 12.1 Å². The van der Waals surface area contributed by atoms with E-state index >= 15 is 0 Å². The zero-order valence-corrected chi connectivity index (χ0v) is 20.0. The third-order valence-corrected chi connectivity index (χ3v) is 7.59. The molecular weight excluding hydrogens is 483 g/mol. The average Bonchev–Trinajstić information content (AvgIpc) is 2.77. The zero-order valence-electron chi connectivity index (χ0n) is 17.7. The maximum Gasteiger partial charge on any atom is 0.170 e. The number of rotatable bonds is 7. The van der Waals surface area contributed by atoms with Gasteiger partial charge in [0.15, 0.2) is 15.6 Å². The number of Topliss-reactive ketones (excluding diaryl/α,β-unsaturated/α-hetero) is 1. The van der Waals surface area contributed by atoms with Crippen molar-refractivity contribution in [1.82, 2.24) is 14.9 Å². The molecule has 0 atom stereocenters. The van der Waals surface area contributed by atoms with E-state index in [2.05, 4.69) is 20.2 Å². The predicted molar refractivity (Wildman–Crippen MR) is 130 cm³/mol. The van der Waals surface area contributed by atoms with Crippen LogP contribution in [0.1, 0.15) is 21.5 Å². The van der Waals surface area contributed by atoms with Crippen LogP contribution in [0.3, 0.4) is 0 Å². The highest BCUT2D eigenvalue weighted by atomic mass is 35.5. The second-order valence-corrected chi connectivity index (χ2v) is 11.0. The van der Waals surface area contributed by atoms with Crippen LogP contribution >= 0.6 is 23.2 Å². The number of aromatic nitrogens is 2. The van der Waals surface area contributed by atoms with Gasteiger partial charge in [0.25, 0.3) is 0 Å². The van der Waals surface area contributed by atoms with Crippen molar-refractivity contribution < 1.29 is 13.2 Å². The molecule has 33 heavy (non-hydrogen) atoms. The molecule has 1 fully saturated rings. The molecule has 10 heteroatoms. The van der Waals surface area contributed by atoms with Crippen LogP contribution in [-0.2, 0) is 22.8 Å². The third kappa shape index (κ3) is 6.29. The minimum atomic E-state index is -2.89. The number of carbonyl (C=O) groups is 1. The van der Waals surface area contributed by atoms with E-state index in [-0.39, 0.29) is 23.7 Å². The number of sulfone groups is 1. The maximum atomic E-state index is 12.7. The summed E-state index contributed by atoms with van der Waals surface area (Å²) >= 11 is 12.3. The smallest absolute Gasteiger partial charge is 0.170 e. The molecule has 0 unspecified atom stereocenters. The van der Waals surface area contributed by atoms with Gasteiger partial charge in [0.1, 0.15) is 11.6 Å². The SMILES string of the molecule is O=C(Cc1ccnc(Nc2ccc(CN3CCS(=O)(=O)CC3)cn2)c1)c1c(Cl)cccc1Cl. The molecule has 1 N–H and O–H groups in total. The predicted octanol–water partition coefficient (Wildman–Crippen LogP) is 4.18. The van der Waals surface area contributed by atoms with Gasteiger partial charge in [-0.05, 0) is 41.5 Å². The zero-order chi connectivity index (χ0) is 23.4. The Labute approximate surface area is 202 Å². The fourth-order valence-corrected chi connectivity index (χ4v) is 5.47. The molecule has 0 bridgehead atoms. The lowest BCUT2D eigenvalue weighted by atomic mass is 10.0. The molecule has 1 aromatic carbocycles. The first-order valence-electron chi connectivity index (χ1n) is 10.4. The van der Waals surface area contributed by atoms with Crippen molar-refractivity contribution in [3.05, 3.63) is 81.6 Å². The van der Waals surface area contributed by atoms with Gasteiger partial charge < -0.3 is 5.32 Å². The Balaban J connectivity index is 1.38. The van der Waals surface area contributed by atoms with Crippen LogP contribution in [0, 0.1) is 0 Å². The molecular formula is C23H22Cl2N4O3S. The van der Waals surface area contributed by atoms with Crippen molar-refractivity contribution in [2.24, 2.45) is 0 Å². The Morgan fingerprint density at radius 1 is 0.970 bits per heavy atom. The van der Waals surface area contributed by atoms with Crippen LogP contribution in [0.25, 0.3) is 0 Å². The highest BCUT2D eigenvalue weighted by Crippen LogP contribution is 2.26. The topological polar surface area (TPSA) is 92.3 Å². The number of hydrogen-bond acceptors (Lipinski definition) is 7. The number of halogens is 2. The molecule has 1 aliphatic heterocycles. The van der Waals surface area contributed by atoms with Gasteiger partial charge >= 0.3 is 0 Å². The van der Waals surface area contributed by atoms with E-state index in [0.717, 1.165) is 11.1 Å². The molecule has 1 saturated heterocycles. The Hall–Kier alpha value is -2.52. The number of nitrogens with one attached hydrogen (secondary N) is 1. The van der Waals surface area contributed by atoms with Gasteiger partial charge in [-0.25, -0.2) is 18.4 Å². The van der Waals surface area contributed by atoms with Crippen LogP contribution < -0.4 is 5.32 Å². The summed E-state index contributed by atoms with van der Waals surface area (Å²) in [5.74, 6) is 1.41. The molecule has 0 spiro atoms. The highest BCUT2D eigenvalue weighted by Gasteiger charge is 2.21. The minimum Gasteiger partial charge on any atom is -0.325 e. The van der Waals surface area contributed by atoms with E-state index in [1.54, 1.807) is 42.7 Å². The number of benzene rings is 1. The number of anilines is 2. The normalized spacial score (nSPS) is 15.8. The molecule has 7 nitrogen and oxygen atoms in total. The van der Waals surface area contributed by atoms with Crippen molar-refractivity contribution in [3.8, 4) is 0 Å². The number of hydrogen-bond donors (Lipinski definition) is 1. The number of carbonyl (C=O) groups excluding carboxylic acids is 1. The Bertz CT molecular complexity index is 1230. The first-order valence-corrected chi connectivity index (χ1v) is 12.9. The molecule has 2 aromatic heterocycles. The van der Waals surface area contributed by atoms with E-state index in [0.29, 0.717) is 46.9 Å². The summed E-state index contributed by atoms with van der Waals surface area (Å²) in [4.78, 5) is 23.5. The second-order valence-electron chi connectivity index (χ2n) is 7.85. The van der Waals surface area contributed by atoms with Crippen LogP contribution in [0.5, 0.6) is 0 Å². The Morgan fingerprint density at radius 2 is 1.70 bits per heavy atom. The molecule has 0 amide bonds. The van der Waals surface area contributed by atoms with Gasteiger partial charge in [-0.3, -0.25) is 9.69 Å². The minimum absolute atomic E-state index is 0.137. The summed E-state index contributed by atoms with van der Waals surface area (Å²) < 4.78 is 23.1. The molecule has 3 aromatic rings. The molecule has 4 rings (SSSR count). The summed E-state index contributed by atoms with van der Waals surface area (Å²) in [6.45, 7) is 1.73. The molecule has 0 radical (unpaired) electrons. The van der Waals surface area contributed by atoms with E-state index in [1.165, 1.54) is 0 Å². The summed E-state index contributed by atoms with van der Waals surface area (Å²) in [6.07, 6.45) is 3.52. The fraction of sp³-hybridized carbons (Fsp3) is 0.261. The van der Waals surface area contributed by atoms with Crippen LogP contribution in [0.2, 0.25) is 10.0 Å². The summed E-state index contributed by atoms with van der Waals surface area (Å²) in [6, 6.07) is 12.3. The number of pyridine rings is 2. The van der Waals surface area contributed by atoms with Crippen molar-refractivity contribution in [2.75, 3.05) is 29.9 Å². The van der Waals surface area contributed by atoms with Crippen molar-refractivity contribution in [2.45, 2.75) is 13.0 Å². The first-order chi connectivity index (χ1) is 15.8. The van der Waals surface area contributed by atoms with E-state index in [9.17, 15) is 13.2 Å². The van der Waals surface area contributed by atoms with E-state index < -0.39 is 9.84 Å². The Morgan fingerprint density at radius 3 is 2.36 bits per heavy atom. The fourth-order valence-electron chi connectivity index (χ4n) is 3.58. The van der Waals surface area contributed by atoms with Gasteiger partial charge in [-0.1, -0.05) is 35.3 Å². The second kappa shape index (κ2) is 10.2. The van der Waals surface area contributed by atoms with Gasteiger partial charge in [-0.15, -0.1) is 0 Å². The van der Waals surface area contributed by atoms with Gasteiger partial charge in [0.05, 0.1) is 27.1 Å². The lowest BCUT2D eigenvalue weighted by molar-refractivity contribution is 0.0993. The van der Waals surface area contributed by atoms with Gasteiger partial charge in [0.2, 0.25) is 0 Å². The lowest BCUT2D eigenvalue weighted by Gasteiger charge is -2.26. The average molecular weight is 505 g/mol. The number of ketones is 1. The standard InChI is InChI=1S/C23H22Cl2N4O3S/c24-18-2-1-3-19(25)23(18)20(30)12-16-6-7-26-22(13-16)28-21-5-4-17(14-27-21)15-29-8-10-33(31,32)11-9-29/h1-7,13-14H,8-12,15H2,(H,26,27,28). The van der Waals surface area contributed by atoms with Crippen LogP contribution in [0.4, 0.5) is 11.6 Å². The first kappa shape index (κ1) is 23.6. The summed E-state index contributed by atoms with van der Waals surface area (Å²) in [7, 11) is -2.89. The molecule has 0 aliphatic carbocycles. The van der Waals surface area contributed by atoms with Crippen molar-refractivity contribution >= 4 is 50.5 Å². The quantitative estimate of drug-likeness (QED) is 0.482.